The van der Waals surface area contributed by atoms with Crippen LogP contribution in [-0.4, -0.2) is 69.4 Å². The number of likely N-dealkylation sites (N-methyl/N-ethyl adjacent to an activating group) is 1. The van der Waals surface area contributed by atoms with Gasteiger partial charge in [0, 0.05) is 71.2 Å². The second kappa shape index (κ2) is 17.3. The van der Waals surface area contributed by atoms with Crippen molar-refractivity contribution in [3.8, 4) is 33.6 Å². The highest BCUT2D eigenvalue weighted by Gasteiger charge is 2.33. The summed E-state index contributed by atoms with van der Waals surface area (Å²) in [6, 6.07) is 11.1. The molecule has 0 radical (unpaired) electrons. The quantitative estimate of drug-likeness (QED) is 0.121. The molecule has 19 heteroatoms. The lowest BCUT2D eigenvalue weighted by Crippen LogP contribution is -2.40. The van der Waals surface area contributed by atoms with Crippen LogP contribution < -0.4 is 21.8 Å². The maximum Gasteiger partial charge on any atom is 0.416 e. The summed E-state index contributed by atoms with van der Waals surface area (Å²) < 4.78 is 94.8. The monoisotopic (exact) mass is 865 g/mol. The van der Waals surface area contributed by atoms with Gasteiger partial charge in [0.1, 0.15) is 22.6 Å². The van der Waals surface area contributed by atoms with Crippen molar-refractivity contribution in [2.45, 2.75) is 53.9 Å². The molecule has 0 saturated heterocycles. The number of benzene rings is 2. The van der Waals surface area contributed by atoms with Gasteiger partial charge in [-0.25, -0.2) is 0 Å². The molecule has 13 nitrogen and oxygen atoms in total. The smallest absolute Gasteiger partial charge is 0.361 e. The molecule has 0 aliphatic carbocycles. The van der Waals surface area contributed by atoms with E-state index in [0.29, 0.717) is 45.2 Å². The van der Waals surface area contributed by atoms with Crippen LogP contribution in [0.25, 0.3) is 33.6 Å². The summed E-state index contributed by atoms with van der Waals surface area (Å²) in [7, 11) is 1.68. The lowest BCUT2D eigenvalue weighted by Gasteiger charge is -2.20. The molecule has 2 N–H and O–H groups in total. The van der Waals surface area contributed by atoms with E-state index in [0.717, 1.165) is 33.4 Å². The predicted molar refractivity (Wildman–Crippen MR) is 216 cm³/mol. The Morgan fingerprint density at radius 2 is 1.00 bits per heavy atom. The number of alkyl halides is 6. The second-order valence-corrected chi connectivity index (χ2v) is 14.7. The van der Waals surface area contributed by atoms with Crippen molar-refractivity contribution in [1.82, 2.24) is 35.0 Å². The third-order valence-corrected chi connectivity index (χ3v) is 10.4. The molecular formula is C43H41F6N7O6. The summed E-state index contributed by atoms with van der Waals surface area (Å²) in [6.45, 7) is 10.1. The molecule has 0 aliphatic rings. The number of hydrogen-bond acceptors (Lipinski definition) is 9. The fourth-order valence-electron chi connectivity index (χ4n) is 7.26. The molecule has 0 saturated carbocycles. The molecule has 326 valence electrons. The van der Waals surface area contributed by atoms with E-state index >= 15 is 0 Å². The summed E-state index contributed by atoms with van der Waals surface area (Å²) in [5.41, 5.74) is -1.56. The van der Waals surface area contributed by atoms with Crippen LogP contribution in [0.2, 0.25) is 0 Å². The van der Waals surface area contributed by atoms with Gasteiger partial charge in [-0.1, -0.05) is 22.4 Å². The zero-order chi connectivity index (χ0) is 45.4. The third kappa shape index (κ3) is 8.97. The minimum absolute atomic E-state index is 0.00126. The first-order valence-corrected chi connectivity index (χ1v) is 19.1. The summed E-state index contributed by atoms with van der Waals surface area (Å²) >= 11 is 0. The van der Waals surface area contributed by atoms with Crippen molar-refractivity contribution in [3.63, 3.8) is 0 Å². The third-order valence-electron chi connectivity index (χ3n) is 10.4. The summed E-state index contributed by atoms with van der Waals surface area (Å²) in [5, 5.41) is 13.3. The van der Waals surface area contributed by atoms with E-state index in [4.69, 9.17) is 9.05 Å². The van der Waals surface area contributed by atoms with Crippen molar-refractivity contribution < 1.29 is 45.0 Å². The van der Waals surface area contributed by atoms with Crippen molar-refractivity contribution in [3.05, 3.63) is 138 Å². The Bertz CT molecular complexity index is 2590. The van der Waals surface area contributed by atoms with E-state index in [1.807, 2.05) is 0 Å². The maximum absolute atomic E-state index is 13.9. The van der Waals surface area contributed by atoms with Crippen LogP contribution in [0.1, 0.15) is 66.1 Å². The first kappa shape index (κ1) is 44.8. The van der Waals surface area contributed by atoms with E-state index in [1.54, 1.807) is 53.5 Å². The minimum Gasteiger partial charge on any atom is -0.361 e. The molecule has 0 spiro atoms. The zero-order valence-electron chi connectivity index (χ0n) is 34.6. The van der Waals surface area contributed by atoms with Crippen molar-refractivity contribution in [2.24, 2.45) is 0 Å². The summed E-state index contributed by atoms with van der Waals surface area (Å²) in [6.07, 6.45) is -9.39. The van der Waals surface area contributed by atoms with Gasteiger partial charge in [-0.15, -0.1) is 0 Å². The number of aromatic nitrogens is 4. The largest absolute Gasteiger partial charge is 0.416 e. The number of carbonyl (C=O) groups is 2. The fraction of sp³-hybridized carbons (Fsp3) is 0.302. The second-order valence-electron chi connectivity index (χ2n) is 14.7. The molecule has 62 heavy (non-hydrogen) atoms. The topological polar surface area (TPSA) is 158 Å². The Balaban J connectivity index is 1.19. The van der Waals surface area contributed by atoms with Gasteiger partial charge in [-0.05, 0) is 97.1 Å². The van der Waals surface area contributed by atoms with E-state index in [-0.39, 0.29) is 60.1 Å². The van der Waals surface area contributed by atoms with Gasteiger partial charge in [0.05, 0.1) is 22.5 Å². The number of pyridine rings is 2. The summed E-state index contributed by atoms with van der Waals surface area (Å²) in [5.74, 6) is -0.860. The lowest BCUT2D eigenvalue weighted by atomic mass is 9.99. The molecule has 0 unspecified atom stereocenters. The number of nitrogens with one attached hydrogen (secondary N) is 2. The fourth-order valence-corrected chi connectivity index (χ4v) is 7.26. The Labute approximate surface area is 349 Å². The van der Waals surface area contributed by atoms with Crippen LogP contribution in [0.3, 0.4) is 0 Å². The average Bonchev–Trinajstić information content (AvgIpc) is 3.72. The first-order valence-electron chi connectivity index (χ1n) is 19.1. The number of nitrogens with zero attached hydrogens (tertiary/aromatic N) is 5. The van der Waals surface area contributed by atoms with Crippen LogP contribution in [-0.2, 0) is 12.4 Å². The zero-order valence-corrected chi connectivity index (χ0v) is 34.6. The Morgan fingerprint density at radius 1 is 0.629 bits per heavy atom. The SMILES string of the molecule is Cc1noc(C)c1-c1cc(C(=O)NCCN(C)CCNC(=O)c2cc(-c3c(C)noc3C)c(C)n(-c3cccc(C(F)(F)F)c3)c2=O)c(=O)n(-c2cccc(C(F)(F)F)c2)c1C. The van der Waals surface area contributed by atoms with Crippen LogP contribution in [0.15, 0.2) is 79.3 Å². The average molecular weight is 866 g/mol. The molecule has 0 aliphatic heterocycles. The van der Waals surface area contributed by atoms with Gasteiger partial charge < -0.3 is 24.6 Å². The molecular weight excluding hydrogens is 825 g/mol. The van der Waals surface area contributed by atoms with Gasteiger partial charge >= 0.3 is 12.4 Å². The lowest BCUT2D eigenvalue weighted by molar-refractivity contribution is -0.138. The standard InChI is InChI=1S/C43H41F6N7O6/c1-22-36(26(5)61-52-22)32-20-34(40(59)55(24(32)3)30-12-8-10-28(18-30)42(44,45)46)38(57)50-14-16-54(7)17-15-51-39(58)35-21-33(37-23(2)53-62-27(37)6)25(4)56(41(35)60)31-13-9-11-29(19-31)43(47,48)49/h8-13,18-21H,14-17H2,1-7H3,(H,50,57)(H,51,58). The molecule has 0 fully saturated rings. The highest BCUT2D eigenvalue weighted by molar-refractivity contribution is 5.96. The molecule has 4 aromatic heterocycles. The van der Waals surface area contributed by atoms with Crippen LogP contribution in [0.4, 0.5) is 26.3 Å². The predicted octanol–water partition coefficient (Wildman–Crippen LogP) is 7.28. The molecule has 6 rings (SSSR count). The van der Waals surface area contributed by atoms with E-state index in [9.17, 15) is 45.5 Å². The van der Waals surface area contributed by atoms with Gasteiger partial charge in [0.2, 0.25) is 0 Å². The van der Waals surface area contributed by atoms with Crippen molar-refractivity contribution in [2.75, 3.05) is 33.2 Å². The van der Waals surface area contributed by atoms with E-state index in [2.05, 4.69) is 20.9 Å². The van der Waals surface area contributed by atoms with Gasteiger partial charge in [0.25, 0.3) is 22.9 Å². The number of carbonyl (C=O) groups excluding carboxylic acids is 2. The number of amides is 2. The normalized spacial score (nSPS) is 12.0. The Morgan fingerprint density at radius 3 is 1.32 bits per heavy atom. The number of rotatable bonds is 12. The van der Waals surface area contributed by atoms with E-state index in [1.165, 1.54) is 36.4 Å². The van der Waals surface area contributed by atoms with Crippen LogP contribution in [0, 0.1) is 41.5 Å². The van der Waals surface area contributed by atoms with Crippen LogP contribution in [0.5, 0.6) is 0 Å². The molecule has 0 bridgehead atoms. The molecule has 0 atom stereocenters. The highest BCUT2D eigenvalue weighted by Crippen LogP contribution is 2.35. The maximum atomic E-state index is 13.9. The molecule has 4 heterocycles. The Kier molecular flexibility index (Phi) is 12.5. The minimum atomic E-state index is -4.69. The van der Waals surface area contributed by atoms with Gasteiger partial charge in [-0.3, -0.25) is 28.3 Å². The van der Waals surface area contributed by atoms with Gasteiger partial charge in [-0.2, -0.15) is 26.3 Å². The molecule has 2 aromatic carbocycles. The molecule has 2 amide bonds. The van der Waals surface area contributed by atoms with Crippen LogP contribution >= 0.6 is 0 Å². The number of aryl methyl sites for hydroxylation is 4. The number of hydrogen-bond donors (Lipinski definition) is 2. The number of halogens is 6. The summed E-state index contributed by atoms with van der Waals surface area (Å²) in [4.78, 5) is 56.7. The van der Waals surface area contributed by atoms with E-state index < -0.39 is 46.4 Å². The first-order chi connectivity index (χ1) is 29.1. The Hall–Kier alpha value is -6.76. The van der Waals surface area contributed by atoms with Crippen molar-refractivity contribution in [1.29, 1.82) is 0 Å². The van der Waals surface area contributed by atoms with Gasteiger partial charge in [0.15, 0.2) is 0 Å². The highest BCUT2D eigenvalue weighted by atomic mass is 19.4. The molecule has 6 aromatic rings. The van der Waals surface area contributed by atoms with Crippen molar-refractivity contribution >= 4 is 11.8 Å².